The van der Waals surface area contributed by atoms with Gasteiger partial charge in [-0.2, -0.15) is 0 Å². The average Bonchev–Trinajstić information content (AvgIpc) is 2.53. The summed E-state index contributed by atoms with van der Waals surface area (Å²) in [6.07, 6.45) is 1.77. The van der Waals surface area contributed by atoms with Crippen LogP contribution in [0.2, 0.25) is 0 Å². The summed E-state index contributed by atoms with van der Waals surface area (Å²) >= 11 is 0. The highest BCUT2D eigenvalue weighted by atomic mass is 19.1. The smallest absolute Gasteiger partial charge is 0.125 e. The lowest BCUT2D eigenvalue weighted by Gasteiger charge is -2.19. The topological polar surface area (TPSA) is 27.6 Å². The van der Waals surface area contributed by atoms with Crippen LogP contribution < -0.4 is 5.32 Å². The molecule has 0 atom stereocenters. The van der Waals surface area contributed by atoms with Gasteiger partial charge in [-0.3, -0.25) is 0 Å². The Bertz CT molecular complexity index is 743. The molecule has 25 heavy (non-hydrogen) atoms. The van der Waals surface area contributed by atoms with Crippen molar-refractivity contribution in [1.29, 1.82) is 0 Å². The molecule has 0 aliphatic carbocycles. The highest BCUT2D eigenvalue weighted by molar-refractivity contribution is 5.78. The minimum absolute atomic E-state index is 0.105. The molecule has 0 bridgehead atoms. The molecule has 4 heteroatoms. The number of aliphatic imine (C=N–C) groups is 1. The zero-order valence-electron chi connectivity index (χ0n) is 16.0. The van der Waals surface area contributed by atoms with Crippen LogP contribution in [0.4, 0.5) is 21.5 Å². The molecule has 0 heterocycles. The lowest BCUT2D eigenvalue weighted by molar-refractivity contribution is 0.552. The molecule has 0 unspecified atom stereocenters. The quantitative estimate of drug-likeness (QED) is 0.551. The minimum Gasteiger partial charge on any atom is -0.366 e. The van der Waals surface area contributed by atoms with E-state index in [2.05, 4.69) is 50.1 Å². The maximum Gasteiger partial charge on any atom is 0.125 e. The Morgan fingerprint density at radius 3 is 2.36 bits per heavy atom. The molecule has 0 aromatic heterocycles. The predicted molar refractivity (Wildman–Crippen MR) is 106 cm³/mol. The van der Waals surface area contributed by atoms with E-state index in [9.17, 15) is 4.39 Å². The predicted octanol–water partition coefficient (Wildman–Crippen LogP) is 5.79. The summed E-state index contributed by atoms with van der Waals surface area (Å²) in [5, 5.41) is 3.30. The van der Waals surface area contributed by atoms with Crippen molar-refractivity contribution < 1.29 is 4.39 Å². The van der Waals surface area contributed by atoms with Gasteiger partial charge in [-0.1, -0.05) is 32.9 Å². The highest BCUT2D eigenvalue weighted by Gasteiger charge is 2.13. The third kappa shape index (κ3) is 5.05. The van der Waals surface area contributed by atoms with Crippen LogP contribution in [0, 0.1) is 12.7 Å². The summed E-state index contributed by atoms with van der Waals surface area (Å²) in [5.74, 6) is -0.269. The maximum absolute atomic E-state index is 13.9. The Morgan fingerprint density at radius 1 is 1.16 bits per heavy atom. The fourth-order valence-corrected chi connectivity index (χ4v) is 2.45. The van der Waals surface area contributed by atoms with Gasteiger partial charge in [0.25, 0.3) is 0 Å². The first-order valence-electron chi connectivity index (χ1n) is 8.63. The van der Waals surface area contributed by atoms with E-state index in [1.807, 2.05) is 31.0 Å². The Kier molecular flexibility index (Phi) is 5.83. The van der Waals surface area contributed by atoms with Gasteiger partial charge in [0.15, 0.2) is 0 Å². The lowest BCUT2D eigenvalue weighted by Crippen LogP contribution is -2.14. The Balaban J connectivity index is 2.33. The molecular weight excluding hydrogens is 313 g/mol. The Labute approximate surface area is 150 Å². The molecule has 3 nitrogen and oxygen atoms in total. The summed E-state index contributed by atoms with van der Waals surface area (Å²) in [7, 11) is 1.96. The van der Waals surface area contributed by atoms with Gasteiger partial charge in [0.1, 0.15) is 5.82 Å². The van der Waals surface area contributed by atoms with Crippen molar-refractivity contribution in [1.82, 2.24) is 4.90 Å². The van der Waals surface area contributed by atoms with Crippen molar-refractivity contribution in [3.63, 3.8) is 0 Å². The Hall–Kier alpha value is -2.36. The van der Waals surface area contributed by atoms with Crippen LogP contribution in [-0.4, -0.2) is 24.8 Å². The summed E-state index contributed by atoms with van der Waals surface area (Å²) in [6.45, 7) is 11.3. The third-order valence-electron chi connectivity index (χ3n) is 4.18. The molecule has 2 aromatic rings. The van der Waals surface area contributed by atoms with Crippen molar-refractivity contribution in [3.8, 4) is 0 Å². The molecule has 0 spiro atoms. The van der Waals surface area contributed by atoms with Crippen molar-refractivity contribution in [2.75, 3.05) is 18.9 Å². The van der Waals surface area contributed by atoms with Crippen LogP contribution in [0.5, 0.6) is 0 Å². The van der Waals surface area contributed by atoms with Crippen LogP contribution in [0.15, 0.2) is 41.4 Å². The number of rotatable bonds is 5. The minimum atomic E-state index is -0.269. The van der Waals surface area contributed by atoms with E-state index in [4.69, 9.17) is 0 Å². The molecule has 0 fully saturated rings. The second kappa shape index (κ2) is 7.68. The first-order valence-corrected chi connectivity index (χ1v) is 8.63. The molecule has 2 aromatic carbocycles. The number of aryl methyl sites for hydroxylation is 1. The average molecular weight is 341 g/mol. The molecule has 0 saturated carbocycles. The van der Waals surface area contributed by atoms with Crippen LogP contribution in [0.25, 0.3) is 0 Å². The Morgan fingerprint density at radius 2 is 1.80 bits per heavy atom. The van der Waals surface area contributed by atoms with E-state index < -0.39 is 0 Å². The van der Waals surface area contributed by atoms with Crippen molar-refractivity contribution in [3.05, 3.63) is 53.3 Å². The van der Waals surface area contributed by atoms with Gasteiger partial charge in [-0.05, 0) is 54.7 Å². The number of hydrogen-bond donors (Lipinski definition) is 1. The number of nitrogens with one attached hydrogen (secondary N) is 1. The molecular formula is C21H28FN3. The number of anilines is 2. The molecule has 0 saturated heterocycles. The maximum atomic E-state index is 13.9. The van der Waals surface area contributed by atoms with Crippen LogP contribution >= 0.6 is 0 Å². The van der Waals surface area contributed by atoms with E-state index in [1.165, 1.54) is 17.7 Å². The number of nitrogens with zero attached hydrogens (tertiary/aromatic N) is 2. The van der Waals surface area contributed by atoms with Crippen LogP contribution in [0.3, 0.4) is 0 Å². The summed E-state index contributed by atoms with van der Waals surface area (Å²) in [5.41, 5.74) is 4.50. The summed E-state index contributed by atoms with van der Waals surface area (Å²) in [4.78, 5) is 6.52. The van der Waals surface area contributed by atoms with Gasteiger partial charge in [0.2, 0.25) is 0 Å². The molecule has 1 N–H and O–H groups in total. The standard InChI is InChI=1S/C21H28FN3/c1-7-25(6)14-23-20-15(2)12-17(22)13-19(20)24-18-10-8-16(9-11-18)21(3,4)5/h8-14,24H,7H2,1-6H3. The van der Waals surface area contributed by atoms with Gasteiger partial charge in [-0.25, -0.2) is 9.38 Å². The molecule has 2 rings (SSSR count). The second-order valence-corrected chi connectivity index (χ2v) is 7.39. The van der Waals surface area contributed by atoms with Crippen molar-refractivity contribution >= 4 is 23.4 Å². The van der Waals surface area contributed by atoms with Crippen molar-refractivity contribution in [2.45, 2.75) is 40.0 Å². The number of halogens is 1. The van der Waals surface area contributed by atoms with E-state index in [0.29, 0.717) is 5.69 Å². The highest BCUT2D eigenvalue weighted by Crippen LogP contribution is 2.33. The van der Waals surface area contributed by atoms with E-state index >= 15 is 0 Å². The first-order chi connectivity index (χ1) is 11.7. The van der Waals surface area contributed by atoms with Crippen LogP contribution in [0.1, 0.15) is 38.8 Å². The fourth-order valence-electron chi connectivity index (χ4n) is 2.45. The second-order valence-electron chi connectivity index (χ2n) is 7.39. The van der Waals surface area contributed by atoms with E-state index in [0.717, 1.165) is 23.5 Å². The zero-order chi connectivity index (χ0) is 18.6. The summed E-state index contributed by atoms with van der Waals surface area (Å²) in [6, 6.07) is 11.2. The molecule has 0 aliphatic heterocycles. The van der Waals surface area contributed by atoms with Gasteiger partial charge in [-0.15, -0.1) is 0 Å². The third-order valence-corrected chi connectivity index (χ3v) is 4.18. The SMILES string of the molecule is CCN(C)C=Nc1c(C)cc(F)cc1Nc1ccc(C(C)(C)C)cc1. The van der Waals surface area contributed by atoms with Gasteiger partial charge < -0.3 is 10.2 Å². The normalized spacial score (nSPS) is 11.8. The molecule has 0 radical (unpaired) electrons. The zero-order valence-corrected chi connectivity index (χ0v) is 16.0. The summed E-state index contributed by atoms with van der Waals surface area (Å²) < 4.78 is 13.9. The molecule has 0 amide bonds. The largest absolute Gasteiger partial charge is 0.366 e. The number of benzene rings is 2. The fraction of sp³-hybridized carbons (Fsp3) is 0.381. The monoisotopic (exact) mass is 341 g/mol. The van der Waals surface area contributed by atoms with E-state index in [1.54, 1.807) is 6.34 Å². The first kappa shape index (κ1) is 19.0. The molecule has 0 aliphatic rings. The molecule has 134 valence electrons. The number of hydrogen-bond acceptors (Lipinski definition) is 2. The van der Waals surface area contributed by atoms with Gasteiger partial charge in [0, 0.05) is 19.3 Å². The lowest BCUT2D eigenvalue weighted by atomic mass is 9.87. The van der Waals surface area contributed by atoms with Crippen LogP contribution in [-0.2, 0) is 5.41 Å². The van der Waals surface area contributed by atoms with Gasteiger partial charge in [0.05, 0.1) is 17.7 Å². The van der Waals surface area contributed by atoms with E-state index in [-0.39, 0.29) is 11.2 Å². The van der Waals surface area contributed by atoms with Crippen molar-refractivity contribution in [2.24, 2.45) is 4.99 Å². The van der Waals surface area contributed by atoms with Gasteiger partial charge >= 0.3 is 0 Å².